The first-order chi connectivity index (χ1) is 13.1. The molecule has 0 bridgehead atoms. The van der Waals surface area contributed by atoms with Crippen molar-refractivity contribution in [1.29, 1.82) is 0 Å². The van der Waals surface area contributed by atoms with Gasteiger partial charge in [-0.25, -0.2) is 0 Å². The highest BCUT2D eigenvalue weighted by Crippen LogP contribution is 2.14. The second-order valence-electron chi connectivity index (χ2n) is 5.51. The number of hydrogen-bond acceptors (Lipinski definition) is 6. The van der Waals surface area contributed by atoms with Gasteiger partial charge in [0.2, 0.25) is 0 Å². The number of thiocarbonyl (C=S) groups is 1. The summed E-state index contributed by atoms with van der Waals surface area (Å²) in [6.45, 7) is 2.94. The van der Waals surface area contributed by atoms with Gasteiger partial charge in [-0.3, -0.25) is 15.4 Å². The van der Waals surface area contributed by atoms with Crippen LogP contribution in [-0.2, 0) is 13.2 Å². The van der Waals surface area contributed by atoms with Gasteiger partial charge < -0.3 is 4.74 Å². The van der Waals surface area contributed by atoms with Crippen molar-refractivity contribution in [2.45, 2.75) is 20.1 Å². The van der Waals surface area contributed by atoms with Gasteiger partial charge in [-0.15, -0.1) is 5.10 Å². The number of aryl methyl sites for hydroxylation is 1. The van der Waals surface area contributed by atoms with Crippen LogP contribution in [0.3, 0.4) is 0 Å². The molecular formula is C18H18N6O2S. The molecule has 3 rings (SSSR count). The lowest BCUT2D eigenvalue weighted by Gasteiger charge is -2.08. The van der Waals surface area contributed by atoms with E-state index in [2.05, 4.69) is 26.0 Å². The van der Waals surface area contributed by atoms with E-state index >= 15 is 0 Å². The maximum absolute atomic E-state index is 12.3. The van der Waals surface area contributed by atoms with Crippen molar-refractivity contribution in [3.8, 4) is 5.75 Å². The molecule has 0 aliphatic heterocycles. The number of nitrogens with zero attached hydrogens (tertiary/aromatic N) is 4. The Hall–Kier alpha value is -3.33. The van der Waals surface area contributed by atoms with Crippen LogP contribution in [-0.4, -0.2) is 31.2 Å². The highest BCUT2D eigenvalue weighted by Gasteiger charge is 2.10. The van der Waals surface area contributed by atoms with Crippen molar-refractivity contribution in [3.05, 3.63) is 65.7 Å². The lowest BCUT2D eigenvalue weighted by Crippen LogP contribution is -2.34. The number of ether oxygens (including phenoxy) is 1. The molecule has 1 amide bonds. The molecule has 1 heterocycles. The van der Waals surface area contributed by atoms with Crippen LogP contribution in [0, 0.1) is 0 Å². The van der Waals surface area contributed by atoms with Crippen molar-refractivity contribution in [1.82, 2.24) is 25.5 Å². The predicted octanol–water partition coefficient (Wildman–Crippen LogP) is 2.40. The Morgan fingerprint density at radius 1 is 1.15 bits per heavy atom. The van der Waals surface area contributed by atoms with Crippen LogP contribution in [0.25, 0.3) is 0 Å². The van der Waals surface area contributed by atoms with Gasteiger partial charge in [0.25, 0.3) is 11.9 Å². The first-order valence-corrected chi connectivity index (χ1v) is 8.72. The molecule has 0 saturated heterocycles. The van der Waals surface area contributed by atoms with Crippen LogP contribution in [0.2, 0.25) is 0 Å². The molecule has 3 aromatic rings. The molecule has 0 spiro atoms. The fourth-order valence-corrected chi connectivity index (χ4v) is 2.36. The minimum atomic E-state index is -0.343. The summed E-state index contributed by atoms with van der Waals surface area (Å²) in [5.41, 5.74) is 1.53. The molecule has 0 aliphatic rings. The van der Waals surface area contributed by atoms with E-state index in [-0.39, 0.29) is 17.0 Å². The number of hydrogen-bond donors (Lipinski definition) is 2. The smallest absolute Gasteiger partial charge is 0.269 e. The summed E-state index contributed by atoms with van der Waals surface area (Å²) in [6.07, 6.45) is 0. The van der Waals surface area contributed by atoms with E-state index in [1.807, 2.05) is 37.3 Å². The van der Waals surface area contributed by atoms with Gasteiger partial charge in [0.05, 0.1) is 6.54 Å². The number of carbonyl (C=O) groups excluding carboxylic acids is 1. The van der Waals surface area contributed by atoms with Crippen LogP contribution >= 0.6 is 12.2 Å². The summed E-state index contributed by atoms with van der Waals surface area (Å²) in [7, 11) is 0. The minimum absolute atomic E-state index is 0.0973. The van der Waals surface area contributed by atoms with Crippen LogP contribution in [0.1, 0.15) is 22.8 Å². The molecule has 0 aliphatic carbocycles. The molecule has 0 unspecified atom stereocenters. The van der Waals surface area contributed by atoms with Crippen LogP contribution in [0.15, 0.2) is 54.6 Å². The molecule has 8 nitrogen and oxygen atoms in total. The monoisotopic (exact) mass is 382 g/mol. The van der Waals surface area contributed by atoms with E-state index in [9.17, 15) is 4.79 Å². The van der Waals surface area contributed by atoms with Gasteiger partial charge in [0.15, 0.2) is 5.11 Å². The average molecular weight is 382 g/mol. The fourth-order valence-electron chi connectivity index (χ4n) is 2.18. The Labute approximate surface area is 161 Å². The van der Waals surface area contributed by atoms with Crippen molar-refractivity contribution in [2.75, 3.05) is 5.32 Å². The van der Waals surface area contributed by atoms with E-state index in [1.165, 1.54) is 4.80 Å². The molecule has 0 atom stereocenters. The largest absolute Gasteiger partial charge is 0.489 e. The van der Waals surface area contributed by atoms with Gasteiger partial charge >= 0.3 is 0 Å². The highest BCUT2D eigenvalue weighted by molar-refractivity contribution is 7.80. The molecule has 0 fully saturated rings. The second-order valence-corrected chi connectivity index (χ2v) is 5.92. The number of carbonyl (C=O) groups is 1. The van der Waals surface area contributed by atoms with Crippen molar-refractivity contribution < 1.29 is 9.53 Å². The molecule has 2 N–H and O–H groups in total. The van der Waals surface area contributed by atoms with Crippen molar-refractivity contribution in [3.63, 3.8) is 0 Å². The molecular weight excluding hydrogens is 364 g/mol. The number of rotatable bonds is 6. The SMILES string of the molecule is CCn1nnc(NC(=S)NC(=O)c2ccc(OCc3ccccc3)cc2)n1. The van der Waals surface area contributed by atoms with Crippen LogP contribution in [0.4, 0.5) is 5.95 Å². The summed E-state index contributed by atoms with van der Waals surface area (Å²) in [4.78, 5) is 13.7. The Kier molecular flexibility index (Phi) is 6.06. The van der Waals surface area contributed by atoms with E-state index < -0.39 is 0 Å². The number of anilines is 1. The summed E-state index contributed by atoms with van der Waals surface area (Å²) < 4.78 is 5.70. The van der Waals surface area contributed by atoms with Crippen LogP contribution < -0.4 is 15.4 Å². The topological polar surface area (TPSA) is 94.0 Å². The van der Waals surface area contributed by atoms with E-state index in [1.54, 1.807) is 24.3 Å². The number of benzene rings is 2. The zero-order valence-corrected chi connectivity index (χ0v) is 15.4. The third-order valence-electron chi connectivity index (χ3n) is 3.55. The quantitative estimate of drug-likeness (QED) is 0.632. The molecule has 0 saturated carbocycles. The third kappa shape index (κ3) is 5.32. The predicted molar refractivity (Wildman–Crippen MR) is 104 cm³/mol. The summed E-state index contributed by atoms with van der Waals surface area (Å²) >= 11 is 5.09. The summed E-state index contributed by atoms with van der Waals surface area (Å²) in [5, 5.41) is 17.0. The van der Waals surface area contributed by atoms with Gasteiger partial charge in [-0.2, -0.15) is 4.80 Å². The second kappa shape index (κ2) is 8.86. The fraction of sp³-hybridized carbons (Fsp3) is 0.167. The molecule has 2 aromatic carbocycles. The average Bonchev–Trinajstić information content (AvgIpc) is 3.15. The van der Waals surface area contributed by atoms with Crippen LogP contribution in [0.5, 0.6) is 5.75 Å². The third-order valence-corrected chi connectivity index (χ3v) is 3.76. The number of tetrazole rings is 1. The first-order valence-electron chi connectivity index (χ1n) is 8.31. The zero-order chi connectivity index (χ0) is 19.1. The standard InChI is InChI=1S/C18H18N6O2S/c1-2-24-22-17(21-23-24)20-18(27)19-16(25)14-8-10-15(11-9-14)26-12-13-6-4-3-5-7-13/h3-11H,2,12H2,1H3,(H2,19,20,22,25,27). The zero-order valence-electron chi connectivity index (χ0n) is 14.6. The molecule has 1 aromatic heterocycles. The number of nitrogens with one attached hydrogen (secondary N) is 2. The normalized spacial score (nSPS) is 10.3. The maximum atomic E-state index is 12.3. The Bertz CT molecular complexity index is 911. The summed E-state index contributed by atoms with van der Waals surface area (Å²) in [5.74, 6) is 0.563. The minimum Gasteiger partial charge on any atom is -0.489 e. The Morgan fingerprint density at radius 3 is 2.56 bits per heavy atom. The Morgan fingerprint density at radius 2 is 1.89 bits per heavy atom. The molecule has 0 radical (unpaired) electrons. The number of aromatic nitrogens is 4. The maximum Gasteiger partial charge on any atom is 0.269 e. The van der Waals surface area contributed by atoms with E-state index in [0.29, 0.717) is 24.5 Å². The highest BCUT2D eigenvalue weighted by atomic mass is 32.1. The van der Waals surface area contributed by atoms with E-state index in [4.69, 9.17) is 17.0 Å². The molecule has 27 heavy (non-hydrogen) atoms. The van der Waals surface area contributed by atoms with Crippen molar-refractivity contribution in [2.24, 2.45) is 0 Å². The lowest BCUT2D eigenvalue weighted by atomic mass is 10.2. The van der Waals surface area contributed by atoms with Gasteiger partial charge in [-0.05, 0) is 54.2 Å². The first kappa shape index (κ1) is 18.5. The Balaban J connectivity index is 1.51. The van der Waals surface area contributed by atoms with Gasteiger partial charge in [0.1, 0.15) is 12.4 Å². The van der Waals surface area contributed by atoms with Gasteiger partial charge in [-0.1, -0.05) is 35.4 Å². The summed E-state index contributed by atoms with van der Waals surface area (Å²) in [6, 6.07) is 16.7. The lowest BCUT2D eigenvalue weighted by molar-refractivity contribution is 0.0977. The molecule has 138 valence electrons. The van der Waals surface area contributed by atoms with E-state index in [0.717, 1.165) is 5.56 Å². The van der Waals surface area contributed by atoms with Crippen molar-refractivity contribution >= 4 is 29.2 Å². The van der Waals surface area contributed by atoms with Gasteiger partial charge in [0, 0.05) is 5.56 Å². The molecule has 9 heteroatoms. The number of amides is 1.